The fourth-order valence-electron chi connectivity index (χ4n) is 3.38. The molecule has 2 aliphatic rings. The van der Waals surface area contributed by atoms with Crippen LogP contribution < -0.4 is 0 Å². The Bertz CT molecular complexity index is 324. The van der Waals surface area contributed by atoms with Gasteiger partial charge in [-0.2, -0.15) is 0 Å². The molecule has 0 amide bonds. The van der Waals surface area contributed by atoms with E-state index in [1.165, 1.54) is 12.8 Å². The van der Waals surface area contributed by atoms with Gasteiger partial charge >= 0.3 is 0 Å². The second-order valence-electron chi connectivity index (χ2n) is 5.97. The lowest BCUT2D eigenvalue weighted by Gasteiger charge is -2.14. The first kappa shape index (κ1) is 12.7. The van der Waals surface area contributed by atoms with Gasteiger partial charge in [-0.15, -0.1) is 0 Å². The van der Waals surface area contributed by atoms with Gasteiger partial charge in [-0.25, -0.2) is 0 Å². The van der Waals surface area contributed by atoms with Crippen LogP contribution in [0, 0.1) is 17.8 Å². The van der Waals surface area contributed by atoms with Crippen LogP contribution in [0.3, 0.4) is 0 Å². The first-order valence-electron chi connectivity index (χ1n) is 7.03. The third-order valence-electron chi connectivity index (χ3n) is 4.56. The van der Waals surface area contributed by atoms with E-state index in [1.807, 2.05) is 6.92 Å². The van der Waals surface area contributed by atoms with E-state index in [-0.39, 0.29) is 17.6 Å². The molecule has 0 saturated heterocycles. The third kappa shape index (κ3) is 2.72. The topological polar surface area (TPSA) is 37.3 Å². The van der Waals surface area contributed by atoms with Gasteiger partial charge in [0.05, 0.1) is 0 Å². The SMILES string of the molecule is C/C(C(=O)C1CCC(C)C1)=C(/O)C1CCCC1. The Labute approximate surface area is 104 Å². The van der Waals surface area contributed by atoms with Gasteiger partial charge < -0.3 is 5.11 Å². The van der Waals surface area contributed by atoms with Crippen LogP contribution in [0.4, 0.5) is 0 Å². The highest BCUT2D eigenvalue weighted by molar-refractivity contribution is 5.97. The van der Waals surface area contributed by atoms with E-state index in [0.29, 0.717) is 17.3 Å². The molecule has 2 heteroatoms. The molecule has 96 valence electrons. The standard InChI is InChI=1S/C15H24O2/c1-10-7-8-13(9-10)15(17)11(2)14(16)12-5-3-4-6-12/h10,12-13,16H,3-9H2,1-2H3/b14-11-. The molecule has 0 spiro atoms. The van der Waals surface area contributed by atoms with E-state index in [1.54, 1.807) is 0 Å². The van der Waals surface area contributed by atoms with Crippen molar-refractivity contribution in [1.29, 1.82) is 0 Å². The van der Waals surface area contributed by atoms with Crippen molar-refractivity contribution in [3.8, 4) is 0 Å². The number of aliphatic hydroxyl groups excluding tert-OH is 1. The van der Waals surface area contributed by atoms with Gasteiger partial charge in [-0.3, -0.25) is 4.79 Å². The van der Waals surface area contributed by atoms with E-state index < -0.39 is 0 Å². The van der Waals surface area contributed by atoms with Crippen LogP contribution in [0.15, 0.2) is 11.3 Å². The normalized spacial score (nSPS) is 31.6. The summed E-state index contributed by atoms with van der Waals surface area (Å²) in [7, 11) is 0. The van der Waals surface area contributed by atoms with E-state index >= 15 is 0 Å². The van der Waals surface area contributed by atoms with Crippen molar-refractivity contribution in [2.75, 3.05) is 0 Å². The van der Waals surface area contributed by atoms with Crippen LogP contribution in [0.1, 0.15) is 58.8 Å². The van der Waals surface area contributed by atoms with Gasteiger partial charge in [-0.05, 0) is 44.9 Å². The van der Waals surface area contributed by atoms with Crippen molar-refractivity contribution >= 4 is 5.78 Å². The molecule has 2 unspecified atom stereocenters. The summed E-state index contributed by atoms with van der Waals surface area (Å²) in [6.45, 7) is 4.03. The fourth-order valence-corrected chi connectivity index (χ4v) is 3.38. The maximum atomic E-state index is 12.3. The highest BCUT2D eigenvalue weighted by Gasteiger charge is 2.30. The Hall–Kier alpha value is -0.790. The minimum Gasteiger partial charge on any atom is -0.512 e. The predicted octanol–water partition coefficient (Wildman–Crippen LogP) is 4.01. The van der Waals surface area contributed by atoms with Gasteiger partial charge in [-0.1, -0.05) is 19.8 Å². The Morgan fingerprint density at radius 3 is 2.24 bits per heavy atom. The van der Waals surface area contributed by atoms with Crippen molar-refractivity contribution in [2.45, 2.75) is 58.8 Å². The van der Waals surface area contributed by atoms with Gasteiger partial charge in [0.15, 0.2) is 5.78 Å². The molecule has 0 radical (unpaired) electrons. The average Bonchev–Trinajstić information content (AvgIpc) is 2.96. The van der Waals surface area contributed by atoms with Crippen LogP contribution in [0.5, 0.6) is 0 Å². The number of carbonyl (C=O) groups excluding carboxylic acids is 1. The lowest BCUT2D eigenvalue weighted by atomic mass is 9.92. The van der Waals surface area contributed by atoms with Gasteiger partial charge in [0.2, 0.25) is 0 Å². The minimum absolute atomic E-state index is 0.175. The molecular weight excluding hydrogens is 212 g/mol. The second kappa shape index (κ2) is 5.24. The van der Waals surface area contributed by atoms with Crippen molar-refractivity contribution in [3.63, 3.8) is 0 Å². The van der Waals surface area contributed by atoms with Crippen LogP contribution in [-0.4, -0.2) is 10.9 Å². The molecule has 2 rings (SSSR count). The number of hydrogen-bond donors (Lipinski definition) is 1. The smallest absolute Gasteiger partial charge is 0.165 e. The lowest BCUT2D eigenvalue weighted by Crippen LogP contribution is -2.16. The molecule has 0 aromatic carbocycles. The first-order valence-corrected chi connectivity index (χ1v) is 7.03. The summed E-state index contributed by atoms with van der Waals surface area (Å²) in [5, 5.41) is 10.2. The summed E-state index contributed by atoms with van der Waals surface area (Å²) in [4.78, 5) is 12.3. The average molecular weight is 236 g/mol. The molecule has 17 heavy (non-hydrogen) atoms. The van der Waals surface area contributed by atoms with Crippen molar-refractivity contribution < 1.29 is 9.90 Å². The van der Waals surface area contributed by atoms with E-state index in [9.17, 15) is 9.90 Å². The number of Topliss-reactive ketones (excluding diaryl/α,β-unsaturated/α-hetero) is 1. The van der Waals surface area contributed by atoms with Crippen molar-refractivity contribution in [1.82, 2.24) is 0 Å². The van der Waals surface area contributed by atoms with Crippen LogP contribution >= 0.6 is 0 Å². The van der Waals surface area contributed by atoms with E-state index in [2.05, 4.69) is 6.92 Å². The van der Waals surface area contributed by atoms with Gasteiger partial charge in [0, 0.05) is 17.4 Å². The molecule has 2 atom stereocenters. The van der Waals surface area contributed by atoms with Crippen LogP contribution in [-0.2, 0) is 4.79 Å². The summed E-state index contributed by atoms with van der Waals surface area (Å²) < 4.78 is 0. The van der Waals surface area contributed by atoms with Gasteiger partial charge in [0.25, 0.3) is 0 Å². The molecular formula is C15H24O2. The summed E-state index contributed by atoms with van der Waals surface area (Å²) in [6.07, 6.45) is 7.67. The zero-order valence-electron chi connectivity index (χ0n) is 11.0. The molecule has 0 heterocycles. The number of rotatable bonds is 3. The molecule has 0 bridgehead atoms. The number of hydrogen-bond acceptors (Lipinski definition) is 2. The van der Waals surface area contributed by atoms with E-state index in [4.69, 9.17) is 0 Å². The maximum absolute atomic E-state index is 12.3. The molecule has 2 fully saturated rings. The molecule has 0 aromatic heterocycles. The maximum Gasteiger partial charge on any atom is 0.165 e. The monoisotopic (exact) mass is 236 g/mol. The van der Waals surface area contributed by atoms with E-state index in [0.717, 1.165) is 32.1 Å². The first-order chi connectivity index (χ1) is 8.09. The van der Waals surface area contributed by atoms with Crippen LogP contribution in [0.2, 0.25) is 0 Å². The molecule has 2 aliphatic carbocycles. The highest BCUT2D eigenvalue weighted by Crippen LogP contribution is 2.35. The quantitative estimate of drug-likeness (QED) is 0.593. The fraction of sp³-hybridized carbons (Fsp3) is 0.800. The van der Waals surface area contributed by atoms with Crippen molar-refractivity contribution in [3.05, 3.63) is 11.3 Å². The Morgan fingerprint density at radius 2 is 1.71 bits per heavy atom. The minimum atomic E-state index is 0.175. The lowest BCUT2D eigenvalue weighted by molar-refractivity contribution is -0.119. The summed E-state index contributed by atoms with van der Waals surface area (Å²) >= 11 is 0. The zero-order valence-corrected chi connectivity index (χ0v) is 11.0. The predicted molar refractivity (Wildman–Crippen MR) is 68.8 cm³/mol. The highest BCUT2D eigenvalue weighted by atomic mass is 16.3. The zero-order chi connectivity index (χ0) is 12.4. The number of carbonyl (C=O) groups is 1. The van der Waals surface area contributed by atoms with Crippen molar-refractivity contribution in [2.24, 2.45) is 17.8 Å². The Balaban J connectivity index is 2.04. The van der Waals surface area contributed by atoms with Crippen LogP contribution in [0.25, 0.3) is 0 Å². The second-order valence-corrected chi connectivity index (χ2v) is 5.97. The summed E-state index contributed by atoms with van der Waals surface area (Å²) in [5.41, 5.74) is 0.649. The summed E-state index contributed by atoms with van der Waals surface area (Å²) in [6, 6.07) is 0. The molecule has 2 nitrogen and oxygen atoms in total. The number of ketones is 1. The molecule has 2 saturated carbocycles. The third-order valence-corrected chi connectivity index (χ3v) is 4.56. The number of allylic oxidation sites excluding steroid dienone is 2. The number of aliphatic hydroxyl groups is 1. The van der Waals surface area contributed by atoms with Gasteiger partial charge in [0.1, 0.15) is 5.76 Å². The Kier molecular flexibility index (Phi) is 3.90. The molecule has 1 N–H and O–H groups in total. The molecule has 0 aliphatic heterocycles. The largest absolute Gasteiger partial charge is 0.512 e. The summed E-state index contributed by atoms with van der Waals surface area (Å²) in [5.74, 6) is 1.71. The Morgan fingerprint density at radius 1 is 1.06 bits per heavy atom. The molecule has 0 aromatic rings.